The number of alkyl halides is 1. The van der Waals surface area contributed by atoms with Crippen molar-refractivity contribution in [1.82, 2.24) is 4.90 Å². The van der Waals surface area contributed by atoms with E-state index in [2.05, 4.69) is 0 Å². The number of rotatable bonds is 3. The van der Waals surface area contributed by atoms with Crippen LogP contribution in [0.4, 0.5) is 0 Å². The van der Waals surface area contributed by atoms with Crippen molar-refractivity contribution >= 4 is 39.3 Å². The van der Waals surface area contributed by atoms with Crippen LogP contribution in [0, 0.1) is 0 Å². The first-order valence-corrected chi connectivity index (χ1v) is 9.28. The average Bonchev–Trinajstić information content (AvgIpc) is 2.40. The van der Waals surface area contributed by atoms with E-state index >= 15 is 0 Å². The van der Waals surface area contributed by atoms with Gasteiger partial charge in [-0.2, -0.15) is 0 Å². The number of hydrogen-bond acceptors (Lipinski definition) is 7. The molecule has 0 aliphatic carbocycles. The van der Waals surface area contributed by atoms with Crippen LogP contribution in [0.1, 0.15) is 27.7 Å². The van der Waals surface area contributed by atoms with Crippen molar-refractivity contribution < 1.29 is 32.3 Å². The summed E-state index contributed by atoms with van der Waals surface area (Å²) in [6.45, 7) is 5.63. The van der Waals surface area contributed by atoms with Crippen molar-refractivity contribution in [3.05, 3.63) is 11.3 Å². The van der Waals surface area contributed by atoms with Crippen LogP contribution in [0.3, 0.4) is 0 Å². The van der Waals surface area contributed by atoms with E-state index in [1.165, 1.54) is 0 Å². The van der Waals surface area contributed by atoms with Gasteiger partial charge in [-0.3, -0.25) is 14.5 Å². The molecule has 0 aromatic rings. The first kappa shape index (κ1) is 18.7. The van der Waals surface area contributed by atoms with Crippen molar-refractivity contribution in [2.45, 2.75) is 44.0 Å². The van der Waals surface area contributed by atoms with E-state index in [4.69, 9.17) is 21.1 Å². The van der Waals surface area contributed by atoms with Gasteiger partial charge >= 0.3 is 11.9 Å². The lowest BCUT2D eigenvalue weighted by atomic mass is 10.1. The Morgan fingerprint density at radius 1 is 1.33 bits per heavy atom. The molecule has 0 aromatic carbocycles. The monoisotopic (exact) mass is 379 g/mol. The lowest BCUT2D eigenvalue weighted by Gasteiger charge is -2.47. The zero-order valence-electron chi connectivity index (χ0n) is 13.7. The van der Waals surface area contributed by atoms with Crippen LogP contribution in [0.5, 0.6) is 0 Å². The maximum absolute atomic E-state index is 12.5. The fourth-order valence-electron chi connectivity index (χ4n) is 2.44. The smallest absolute Gasteiger partial charge is 0.355 e. The number of ether oxygens (including phenoxy) is 2. The van der Waals surface area contributed by atoms with Crippen molar-refractivity contribution in [2.75, 3.05) is 12.4 Å². The molecule has 0 radical (unpaired) electrons. The quantitative estimate of drug-likeness (QED) is 0.395. The standard InChI is InChI=1S/C14H18ClNO7S/c1-7(17)22-5-8-6-24(20,21)12-9(15)11(18)16(12)10(8)13(19)23-14(2,3)4/h9,12H,5-6H2,1-4H3/t9-,12+/m0/s1. The maximum atomic E-state index is 12.5. The molecule has 2 rings (SSSR count). The molecule has 0 unspecified atom stereocenters. The molecule has 8 nitrogen and oxygen atoms in total. The van der Waals surface area contributed by atoms with Crippen molar-refractivity contribution in [2.24, 2.45) is 0 Å². The second kappa shape index (κ2) is 6.03. The van der Waals surface area contributed by atoms with E-state index in [-0.39, 0.29) is 11.3 Å². The Morgan fingerprint density at radius 3 is 2.42 bits per heavy atom. The minimum Gasteiger partial charge on any atom is -0.461 e. The van der Waals surface area contributed by atoms with Crippen molar-refractivity contribution in [1.29, 1.82) is 0 Å². The fraction of sp³-hybridized carbons (Fsp3) is 0.643. The van der Waals surface area contributed by atoms with Gasteiger partial charge in [0.1, 0.15) is 23.3 Å². The molecule has 10 heteroatoms. The summed E-state index contributed by atoms with van der Waals surface area (Å²) < 4.78 is 34.7. The SMILES string of the molecule is CC(=O)OCC1=C(C(=O)OC(C)(C)C)N2C(=O)[C@H](Cl)[C@H]2S(=O)(=O)C1. The minimum absolute atomic E-state index is 0.00684. The number of halogens is 1. The molecule has 0 saturated carbocycles. The van der Waals surface area contributed by atoms with Gasteiger partial charge in [0.2, 0.25) is 5.91 Å². The number of carbonyl (C=O) groups is 3. The molecule has 134 valence electrons. The predicted octanol–water partition coefficient (Wildman–Crippen LogP) is 0.349. The lowest BCUT2D eigenvalue weighted by Crippen LogP contribution is -2.68. The Hall–Kier alpha value is -1.61. The van der Waals surface area contributed by atoms with E-state index in [0.717, 1.165) is 11.8 Å². The third-order valence-electron chi connectivity index (χ3n) is 3.34. The number of amides is 1. The van der Waals surface area contributed by atoms with Gasteiger partial charge in [-0.25, -0.2) is 13.2 Å². The van der Waals surface area contributed by atoms with Crippen LogP contribution in [-0.4, -0.2) is 59.9 Å². The summed E-state index contributed by atoms with van der Waals surface area (Å²) >= 11 is 5.81. The summed E-state index contributed by atoms with van der Waals surface area (Å²) in [6.07, 6.45) is 0. The third kappa shape index (κ3) is 3.41. The molecular weight excluding hydrogens is 362 g/mol. The molecule has 1 amide bonds. The summed E-state index contributed by atoms with van der Waals surface area (Å²) in [5.41, 5.74) is -1.07. The van der Waals surface area contributed by atoms with Gasteiger partial charge in [-0.15, -0.1) is 11.6 Å². The Morgan fingerprint density at radius 2 is 1.92 bits per heavy atom. The van der Waals surface area contributed by atoms with Crippen molar-refractivity contribution in [3.63, 3.8) is 0 Å². The number of hydrogen-bond donors (Lipinski definition) is 0. The first-order valence-electron chi connectivity index (χ1n) is 7.12. The number of β-lactam (4-membered cyclic amide) rings is 1. The second-order valence-electron chi connectivity index (χ2n) is 6.54. The van der Waals surface area contributed by atoms with E-state index in [9.17, 15) is 22.8 Å². The highest BCUT2D eigenvalue weighted by atomic mass is 35.5. The Balaban J connectivity index is 2.48. The Kier molecular flexibility index (Phi) is 4.71. The maximum Gasteiger partial charge on any atom is 0.355 e. The third-order valence-corrected chi connectivity index (χ3v) is 5.88. The normalized spacial score (nSPS) is 25.7. The number of fused-ring (bicyclic) bond motifs is 1. The molecule has 0 bridgehead atoms. The molecule has 1 fully saturated rings. The number of esters is 2. The molecule has 2 aliphatic heterocycles. The van der Waals surface area contributed by atoms with Crippen LogP contribution in [0.15, 0.2) is 11.3 Å². The Bertz CT molecular complexity index is 735. The Labute approximate surface area is 144 Å². The first-order chi connectivity index (χ1) is 10.8. The molecular formula is C14H18ClNO7S. The largest absolute Gasteiger partial charge is 0.461 e. The number of sulfone groups is 1. The predicted molar refractivity (Wildman–Crippen MR) is 83.6 cm³/mol. The van der Waals surface area contributed by atoms with Crippen LogP contribution < -0.4 is 0 Å². The molecule has 2 heterocycles. The van der Waals surface area contributed by atoms with Gasteiger partial charge in [0.05, 0.1) is 5.75 Å². The van der Waals surface area contributed by atoms with Crippen LogP contribution in [-0.2, 0) is 33.7 Å². The summed E-state index contributed by atoms with van der Waals surface area (Å²) in [5, 5.41) is -2.56. The minimum atomic E-state index is -3.80. The molecule has 0 N–H and O–H groups in total. The average molecular weight is 380 g/mol. The molecule has 1 saturated heterocycles. The molecule has 0 spiro atoms. The second-order valence-corrected chi connectivity index (χ2v) is 9.11. The molecule has 24 heavy (non-hydrogen) atoms. The van der Waals surface area contributed by atoms with Gasteiger partial charge < -0.3 is 9.47 Å². The van der Waals surface area contributed by atoms with Gasteiger partial charge in [0.25, 0.3) is 0 Å². The number of carbonyl (C=O) groups excluding carboxylic acids is 3. The van der Waals surface area contributed by atoms with Gasteiger partial charge in [-0.1, -0.05) is 0 Å². The molecule has 2 aliphatic rings. The zero-order valence-corrected chi connectivity index (χ0v) is 15.2. The van der Waals surface area contributed by atoms with Crippen LogP contribution in [0.25, 0.3) is 0 Å². The lowest BCUT2D eigenvalue weighted by molar-refractivity contribution is -0.157. The summed E-state index contributed by atoms with van der Waals surface area (Å²) in [7, 11) is -3.80. The summed E-state index contributed by atoms with van der Waals surface area (Å²) in [5.74, 6) is -2.74. The molecule has 2 atom stereocenters. The van der Waals surface area contributed by atoms with Gasteiger partial charge in [0.15, 0.2) is 15.2 Å². The van der Waals surface area contributed by atoms with E-state index < -0.39 is 56.4 Å². The van der Waals surface area contributed by atoms with Gasteiger partial charge in [0, 0.05) is 12.5 Å². The highest BCUT2D eigenvalue weighted by molar-refractivity contribution is 7.92. The van der Waals surface area contributed by atoms with Crippen LogP contribution in [0.2, 0.25) is 0 Å². The van der Waals surface area contributed by atoms with E-state index in [1.807, 2.05) is 0 Å². The number of nitrogens with zero attached hydrogens (tertiary/aromatic N) is 1. The van der Waals surface area contributed by atoms with E-state index in [0.29, 0.717) is 0 Å². The van der Waals surface area contributed by atoms with Crippen LogP contribution >= 0.6 is 11.6 Å². The van der Waals surface area contributed by atoms with E-state index in [1.54, 1.807) is 20.8 Å². The highest BCUT2D eigenvalue weighted by Crippen LogP contribution is 2.40. The highest BCUT2D eigenvalue weighted by Gasteiger charge is 2.59. The zero-order chi connectivity index (χ0) is 18.4. The topological polar surface area (TPSA) is 107 Å². The summed E-state index contributed by atoms with van der Waals surface area (Å²) in [6, 6.07) is 0. The van der Waals surface area contributed by atoms with Crippen molar-refractivity contribution in [3.8, 4) is 0 Å². The fourth-order valence-corrected chi connectivity index (χ4v) is 5.02. The molecule has 0 aromatic heterocycles. The van der Waals surface area contributed by atoms with Gasteiger partial charge in [-0.05, 0) is 20.8 Å². The summed E-state index contributed by atoms with van der Waals surface area (Å²) in [4.78, 5) is 36.3.